The van der Waals surface area contributed by atoms with E-state index in [0.29, 0.717) is 0 Å². The summed E-state index contributed by atoms with van der Waals surface area (Å²) in [6, 6.07) is 0. The predicted molar refractivity (Wildman–Crippen MR) is 111 cm³/mol. The lowest BCUT2D eigenvalue weighted by molar-refractivity contribution is 0.239. The molecule has 0 aliphatic heterocycles. The molecule has 0 saturated carbocycles. The molecule has 1 aromatic rings. The van der Waals surface area contributed by atoms with E-state index in [1.54, 1.807) is 6.33 Å². The van der Waals surface area contributed by atoms with Crippen molar-refractivity contribution in [3.8, 4) is 0 Å². The molecule has 0 spiro atoms. The van der Waals surface area contributed by atoms with Gasteiger partial charge in [-0.15, -0.1) is 5.10 Å². The van der Waals surface area contributed by atoms with E-state index in [4.69, 9.17) is 0 Å². The zero-order valence-electron chi connectivity index (χ0n) is 17.9. The molecule has 4 nitrogen and oxygen atoms in total. The molecule has 26 heavy (non-hydrogen) atoms. The van der Waals surface area contributed by atoms with E-state index in [2.05, 4.69) is 36.3 Å². The quantitative estimate of drug-likeness (QED) is 0.262. The zero-order chi connectivity index (χ0) is 18.9. The van der Waals surface area contributed by atoms with Gasteiger partial charge in [0.1, 0.15) is 6.33 Å². The van der Waals surface area contributed by atoms with Crippen LogP contribution in [-0.2, 0) is 5.54 Å². The fourth-order valence-corrected chi connectivity index (χ4v) is 3.74. The van der Waals surface area contributed by atoms with Gasteiger partial charge < -0.3 is 0 Å². The first-order chi connectivity index (χ1) is 12.7. The average molecular weight is 365 g/mol. The van der Waals surface area contributed by atoms with Crippen molar-refractivity contribution in [3.05, 3.63) is 6.33 Å². The van der Waals surface area contributed by atoms with Crippen LogP contribution in [0.25, 0.3) is 0 Å². The molecule has 0 aliphatic rings. The van der Waals surface area contributed by atoms with Crippen molar-refractivity contribution in [2.24, 2.45) is 0 Å². The van der Waals surface area contributed by atoms with Gasteiger partial charge in [-0.3, -0.25) is 0 Å². The fourth-order valence-electron chi connectivity index (χ4n) is 3.74. The fraction of sp³-hybridized carbons (Fsp3) is 0.955. The lowest BCUT2D eigenvalue weighted by Crippen LogP contribution is -2.30. The van der Waals surface area contributed by atoms with E-state index < -0.39 is 0 Å². The maximum Gasteiger partial charge on any atom is 0.138 e. The van der Waals surface area contributed by atoms with Crippen molar-refractivity contribution in [2.75, 3.05) is 0 Å². The molecule has 4 heteroatoms. The van der Waals surface area contributed by atoms with Gasteiger partial charge in [-0.2, -0.15) is 0 Å². The maximum atomic E-state index is 4.10. The number of unbranched alkanes of at least 4 members (excludes halogenated alkanes) is 14. The molecule has 1 rings (SSSR count). The summed E-state index contributed by atoms with van der Waals surface area (Å²) in [4.78, 5) is 0. The van der Waals surface area contributed by atoms with Gasteiger partial charge >= 0.3 is 0 Å². The number of hydrogen-bond donors (Lipinski definition) is 0. The minimum atomic E-state index is 0.0834. The molecule has 152 valence electrons. The summed E-state index contributed by atoms with van der Waals surface area (Å²) < 4.78 is 1.94. The third kappa shape index (κ3) is 10.3. The van der Waals surface area contributed by atoms with Crippen LogP contribution < -0.4 is 0 Å². The highest BCUT2D eigenvalue weighted by molar-refractivity contribution is 4.78. The number of aromatic nitrogens is 4. The van der Waals surface area contributed by atoms with Crippen molar-refractivity contribution in [2.45, 2.75) is 135 Å². The van der Waals surface area contributed by atoms with E-state index in [1.807, 2.05) is 4.68 Å². The van der Waals surface area contributed by atoms with Crippen molar-refractivity contribution in [1.82, 2.24) is 20.2 Å². The summed E-state index contributed by atoms with van der Waals surface area (Å²) in [5.74, 6) is 0. The van der Waals surface area contributed by atoms with Crippen molar-refractivity contribution in [1.29, 1.82) is 0 Å². The van der Waals surface area contributed by atoms with Gasteiger partial charge in [0.2, 0.25) is 0 Å². The number of nitrogens with zero attached hydrogens (tertiary/aromatic N) is 4. The average Bonchev–Trinajstić information content (AvgIpc) is 3.20. The molecule has 1 heterocycles. The molecule has 1 atom stereocenters. The van der Waals surface area contributed by atoms with E-state index in [0.717, 1.165) is 6.42 Å². The Labute approximate surface area is 162 Å². The van der Waals surface area contributed by atoms with Crippen molar-refractivity contribution in [3.63, 3.8) is 0 Å². The first-order valence-corrected chi connectivity index (χ1v) is 11.5. The predicted octanol–water partition coefficient (Wildman–Crippen LogP) is 7.06. The summed E-state index contributed by atoms with van der Waals surface area (Å²) >= 11 is 0. The summed E-state index contributed by atoms with van der Waals surface area (Å²) in [5.41, 5.74) is 0.0834. The van der Waals surface area contributed by atoms with Crippen LogP contribution in [0.2, 0.25) is 0 Å². The highest BCUT2D eigenvalue weighted by atomic mass is 15.5. The maximum absolute atomic E-state index is 4.10. The SMILES string of the molecule is CCCCCCCCCCCCCCCCCC(C)(CC)n1cnnn1. The molecule has 0 aromatic carbocycles. The van der Waals surface area contributed by atoms with E-state index in [9.17, 15) is 0 Å². The smallest absolute Gasteiger partial charge is 0.138 e. The Morgan fingerprint density at radius 1 is 0.692 bits per heavy atom. The second-order valence-corrected chi connectivity index (χ2v) is 8.30. The third-order valence-electron chi connectivity index (χ3n) is 5.98. The Kier molecular flexibility index (Phi) is 13.5. The van der Waals surface area contributed by atoms with Crippen LogP contribution in [0.3, 0.4) is 0 Å². The number of tetrazole rings is 1. The van der Waals surface area contributed by atoms with Gasteiger partial charge in [0.25, 0.3) is 0 Å². The van der Waals surface area contributed by atoms with Crippen LogP contribution in [0.15, 0.2) is 6.33 Å². The lowest BCUT2D eigenvalue weighted by Gasteiger charge is -2.27. The molecule has 1 aromatic heterocycles. The highest BCUT2D eigenvalue weighted by Crippen LogP contribution is 2.26. The highest BCUT2D eigenvalue weighted by Gasteiger charge is 2.24. The van der Waals surface area contributed by atoms with Crippen molar-refractivity contribution < 1.29 is 0 Å². The lowest BCUT2D eigenvalue weighted by atomic mass is 9.91. The first-order valence-electron chi connectivity index (χ1n) is 11.5. The Morgan fingerprint density at radius 2 is 1.15 bits per heavy atom. The molecule has 1 unspecified atom stereocenters. The second-order valence-electron chi connectivity index (χ2n) is 8.30. The minimum absolute atomic E-state index is 0.0834. The molecule has 0 radical (unpaired) electrons. The molecule has 0 aliphatic carbocycles. The Morgan fingerprint density at radius 3 is 1.54 bits per heavy atom. The van der Waals surface area contributed by atoms with Gasteiger partial charge in [-0.1, -0.05) is 110 Å². The Hall–Kier alpha value is -0.930. The molecule has 0 amide bonds. The van der Waals surface area contributed by atoms with Crippen LogP contribution in [0.1, 0.15) is 130 Å². The van der Waals surface area contributed by atoms with Crippen LogP contribution >= 0.6 is 0 Å². The largest absolute Gasteiger partial charge is 0.227 e. The number of rotatable bonds is 18. The van der Waals surface area contributed by atoms with E-state index >= 15 is 0 Å². The second kappa shape index (κ2) is 15.2. The molecule has 0 saturated heterocycles. The number of hydrogen-bond acceptors (Lipinski definition) is 3. The normalized spacial score (nSPS) is 13.8. The van der Waals surface area contributed by atoms with Crippen molar-refractivity contribution >= 4 is 0 Å². The van der Waals surface area contributed by atoms with E-state index in [1.165, 1.54) is 103 Å². The topological polar surface area (TPSA) is 43.6 Å². The Balaban J connectivity index is 1.86. The van der Waals surface area contributed by atoms with Gasteiger partial charge in [-0.05, 0) is 30.2 Å². The molecule has 0 bridgehead atoms. The standard InChI is InChI=1S/C22H44N4/c1-4-6-7-8-9-10-11-12-13-14-15-16-17-18-19-20-22(3,5-2)26-21-23-24-25-26/h21H,4-20H2,1-3H3. The third-order valence-corrected chi connectivity index (χ3v) is 5.98. The minimum Gasteiger partial charge on any atom is -0.227 e. The Bertz CT molecular complexity index is 404. The van der Waals surface area contributed by atoms with Gasteiger partial charge in [0.05, 0.1) is 5.54 Å². The summed E-state index contributed by atoms with van der Waals surface area (Å²) in [6.07, 6.45) is 25.3. The van der Waals surface area contributed by atoms with E-state index in [-0.39, 0.29) is 5.54 Å². The van der Waals surface area contributed by atoms with Crippen LogP contribution in [0.5, 0.6) is 0 Å². The van der Waals surface area contributed by atoms with Gasteiger partial charge in [-0.25, -0.2) is 4.68 Å². The molecule has 0 N–H and O–H groups in total. The first kappa shape index (κ1) is 23.1. The summed E-state index contributed by atoms with van der Waals surface area (Å²) in [6.45, 7) is 6.79. The molecule has 0 fully saturated rings. The monoisotopic (exact) mass is 364 g/mol. The van der Waals surface area contributed by atoms with Gasteiger partial charge in [0.15, 0.2) is 0 Å². The molecular formula is C22H44N4. The van der Waals surface area contributed by atoms with Gasteiger partial charge in [0, 0.05) is 0 Å². The summed E-state index contributed by atoms with van der Waals surface area (Å²) in [5, 5.41) is 11.7. The van der Waals surface area contributed by atoms with Crippen LogP contribution in [-0.4, -0.2) is 20.2 Å². The van der Waals surface area contributed by atoms with Crippen LogP contribution in [0, 0.1) is 0 Å². The summed E-state index contributed by atoms with van der Waals surface area (Å²) in [7, 11) is 0. The molecular weight excluding hydrogens is 320 g/mol. The van der Waals surface area contributed by atoms with Crippen LogP contribution in [0.4, 0.5) is 0 Å². The zero-order valence-corrected chi connectivity index (χ0v) is 17.9.